The van der Waals surface area contributed by atoms with Crippen molar-refractivity contribution in [3.63, 3.8) is 0 Å². The van der Waals surface area contributed by atoms with Crippen LogP contribution in [0.5, 0.6) is 0 Å². The largest absolute Gasteiger partial charge is 0.405 e. The van der Waals surface area contributed by atoms with Gasteiger partial charge in [0.1, 0.15) is 0 Å². The average Bonchev–Trinajstić information content (AvgIpc) is 2.17. The zero-order valence-corrected chi connectivity index (χ0v) is 11.0. The van der Waals surface area contributed by atoms with E-state index in [1.165, 1.54) is 38.3 Å². The minimum absolute atomic E-state index is 0.904. The van der Waals surface area contributed by atoms with Gasteiger partial charge in [0.15, 0.2) is 0 Å². The Labute approximate surface area is 91.8 Å². The molecule has 0 heterocycles. The molecular formula is C13H31N. The lowest BCUT2D eigenvalue weighted by atomic mass is 10.1. The van der Waals surface area contributed by atoms with Crippen LogP contribution in [0.3, 0.4) is 0 Å². The Morgan fingerprint density at radius 1 is 1.14 bits per heavy atom. The van der Waals surface area contributed by atoms with E-state index in [9.17, 15) is 0 Å². The smallest absolute Gasteiger partial charge is 0.0136 e. The number of unbranched alkanes of at least 4 members (excludes halogenated alkanes) is 3. The van der Waals surface area contributed by atoms with E-state index in [2.05, 4.69) is 33.1 Å². The quantitative estimate of drug-likeness (QED) is 0.639. The maximum atomic E-state index is 4.61. The van der Waals surface area contributed by atoms with Gasteiger partial charge >= 0.3 is 0 Å². The Kier molecular flexibility index (Phi) is 31.3. The molecule has 0 aromatic rings. The highest BCUT2D eigenvalue weighted by Crippen LogP contribution is 2.08. The fourth-order valence-corrected chi connectivity index (χ4v) is 0.979. The van der Waals surface area contributed by atoms with Crippen LogP contribution in [0.4, 0.5) is 0 Å². The molecule has 0 saturated heterocycles. The van der Waals surface area contributed by atoms with Gasteiger partial charge in [-0.3, -0.25) is 0 Å². The summed E-state index contributed by atoms with van der Waals surface area (Å²) in [5.41, 5.74) is 4.61. The Bertz CT molecular complexity index is 77.3. The first-order valence-corrected chi connectivity index (χ1v) is 6.01. The molecule has 0 atom stereocenters. The second kappa shape index (κ2) is 22.9. The molecule has 1 nitrogen and oxygen atoms in total. The van der Waals surface area contributed by atoms with Crippen molar-refractivity contribution in [1.82, 2.24) is 0 Å². The minimum atomic E-state index is 0.904. The van der Waals surface area contributed by atoms with Gasteiger partial charge in [-0.2, -0.15) is 0 Å². The van der Waals surface area contributed by atoms with Crippen LogP contribution >= 0.6 is 0 Å². The van der Waals surface area contributed by atoms with Gasteiger partial charge in [0.05, 0.1) is 0 Å². The van der Waals surface area contributed by atoms with Crippen LogP contribution in [0.1, 0.15) is 66.7 Å². The van der Waals surface area contributed by atoms with E-state index in [1.807, 2.05) is 13.8 Å². The summed E-state index contributed by atoms with van der Waals surface area (Å²) < 4.78 is 0. The van der Waals surface area contributed by atoms with Gasteiger partial charge in [-0.1, -0.05) is 73.3 Å². The maximum absolute atomic E-state index is 4.61. The molecule has 0 unspecified atom stereocenters. The van der Waals surface area contributed by atoms with Crippen molar-refractivity contribution < 1.29 is 0 Å². The summed E-state index contributed by atoms with van der Waals surface area (Å²) in [6, 6.07) is 0. The summed E-state index contributed by atoms with van der Waals surface area (Å²) in [6.45, 7) is 14.0. The van der Waals surface area contributed by atoms with Gasteiger partial charge in [-0.15, -0.1) is 0 Å². The molecule has 0 saturated carbocycles. The topological polar surface area (TPSA) is 26.0 Å². The Hall–Kier alpha value is -0.460. The van der Waals surface area contributed by atoms with Crippen LogP contribution < -0.4 is 5.73 Å². The van der Waals surface area contributed by atoms with Crippen LogP contribution in [0.25, 0.3) is 0 Å². The molecule has 88 valence electrons. The highest BCUT2D eigenvalue weighted by molar-refractivity contribution is 4.48. The third-order valence-electron chi connectivity index (χ3n) is 1.64. The van der Waals surface area contributed by atoms with Crippen molar-refractivity contribution in [3.05, 3.63) is 12.8 Å². The molecule has 0 aromatic heterocycles. The summed E-state index contributed by atoms with van der Waals surface area (Å²) >= 11 is 0. The number of rotatable bonds is 5. The zero-order valence-electron chi connectivity index (χ0n) is 11.0. The minimum Gasteiger partial charge on any atom is -0.405 e. The maximum Gasteiger partial charge on any atom is -0.0136 e. The molecular weight excluding hydrogens is 170 g/mol. The van der Waals surface area contributed by atoms with Gasteiger partial charge in [-0.05, 0) is 12.1 Å². The second-order valence-corrected chi connectivity index (χ2v) is 3.48. The van der Waals surface area contributed by atoms with Crippen molar-refractivity contribution in [1.29, 1.82) is 0 Å². The highest BCUT2D eigenvalue weighted by Gasteiger charge is 1.91. The van der Waals surface area contributed by atoms with Crippen molar-refractivity contribution in [3.8, 4) is 0 Å². The molecule has 1 heteroatoms. The molecule has 0 fully saturated rings. The Balaban J connectivity index is -0.000000205. The summed E-state index contributed by atoms with van der Waals surface area (Å²) in [5.74, 6) is 0.904. The third-order valence-corrected chi connectivity index (χ3v) is 1.64. The number of nitrogens with two attached hydrogens (primary N) is 1. The summed E-state index contributed by atoms with van der Waals surface area (Å²) in [6.07, 6.45) is 8.32. The Morgan fingerprint density at radius 3 is 1.86 bits per heavy atom. The first kappa shape index (κ1) is 19.2. The van der Waals surface area contributed by atoms with E-state index in [1.54, 1.807) is 0 Å². The number of hydrogen-bond donors (Lipinski definition) is 1. The highest BCUT2D eigenvalue weighted by atomic mass is 14.5. The summed E-state index contributed by atoms with van der Waals surface area (Å²) in [4.78, 5) is 0. The fourth-order valence-electron chi connectivity index (χ4n) is 0.979. The lowest BCUT2D eigenvalue weighted by Crippen LogP contribution is -1.86. The molecule has 0 aromatic carbocycles. The lowest BCUT2D eigenvalue weighted by Gasteiger charge is -2.01. The molecule has 0 amide bonds. The fraction of sp³-hybridized carbons (Fsp3) is 0.846. The van der Waals surface area contributed by atoms with E-state index >= 15 is 0 Å². The van der Waals surface area contributed by atoms with Gasteiger partial charge in [0.25, 0.3) is 0 Å². The first-order chi connectivity index (χ1) is 6.68. The predicted molar refractivity (Wildman–Crippen MR) is 69.3 cm³/mol. The van der Waals surface area contributed by atoms with Crippen molar-refractivity contribution in [2.24, 2.45) is 11.7 Å². The molecule has 0 aliphatic rings. The van der Waals surface area contributed by atoms with Crippen LogP contribution in [0.2, 0.25) is 0 Å². The molecule has 0 aliphatic heterocycles. The molecule has 0 spiro atoms. The van der Waals surface area contributed by atoms with Crippen LogP contribution in [-0.2, 0) is 0 Å². The first-order valence-electron chi connectivity index (χ1n) is 6.01. The van der Waals surface area contributed by atoms with Crippen molar-refractivity contribution >= 4 is 0 Å². The lowest BCUT2D eigenvalue weighted by molar-refractivity contribution is 0.525. The Morgan fingerprint density at radius 2 is 1.57 bits per heavy atom. The van der Waals surface area contributed by atoms with Gasteiger partial charge in [0, 0.05) is 0 Å². The van der Waals surface area contributed by atoms with E-state index in [4.69, 9.17) is 0 Å². The second-order valence-electron chi connectivity index (χ2n) is 3.48. The molecule has 0 bridgehead atoms. The third kappa shape index (κ3) is 41.8. The van der Waals surface area contributed by atoms with Crippen LogP contribution in [0, 0.1) is 5.92 Å². The normalized spacial score (nSPS) is 8.14. The van der Waals surface area contributed by atoms with Gasteiger partial charge in [0.2, 0.25) is 0 Å². The van der Waals surface area contributed by atoms with Gasteiger partial charge < -0.3 is 5.73 Å². The van der Waals surface area contributed by atoms with Gasteiger partial charge in [-0.25, -0.2) is 0 Å². The van der Waals surface area contributed by atoms with E-state index in [0.717, 1.165) is 5.92 Å². The van der Waals surface area contributed by atoms with Crippen LogP contribution in [-0.4, -0.2) is 0 Å². The average molecular weight is 201 g/mol. The predicted octanol–water partition coefficient (Wildman–Crippen LogP) is 4.73. The van der Waals surface area contributed by atoms with Crippen molar-refractivity contribution in [2.75, 3.05) is 0 Å². The van der Waals surface area contributed by atoms with E-state index < -0.39 is 0 Å². The molecule has 0 aliphatic carbocycles. The molecule has 0 radical (unpaired) electrons. The molecule has 0 rings (SSSR count). The van der Waals surface area contributed by atoms with Crippen LogP contribution in [0.15, 0.2) is 12.8 Å². The number of hydrogen-bond acceptors (Lipinski definition) is 1. The standard InChI is InChI=1S/C9H20.C2H5N.C2H6/c1-4-5-6-7-8-9(2)3;1-2-3;1-2/h9H,4-8H2,1-3H3;2H,1,3H2;1-2H3. The van der Waals surface area contributed by atoms with E-state index in [0.29, 0.717) is 0 Å². The molecule has 14 heavy (non-hydrogen) atoms. The SMILES string of the molecule is C=CN.CC.CCCCCCC(C)C. The summed E-state index contributed by atoms with van der Waals surface area (Å²) in [5, 5.41) is 0. The van der Waals surface area contributed by atoms with Crippen molar-refractivity contribution in [2.45, 2.75) is 66.7 Å². The monoisotopic (exact) mass is 201 g/mol. The molecule has 2 N–H and O–H groups in total. The summed E-state index contributed by atoms with van der Waals surface area (Å²) in [7, 11) is 0. The van der Waals surface area contributed by atoms with E-state index in [-0.39, 0.29) is 0 Å². The zero-order chi connectivity index (χ0) is 11.8.